The number of esters is 1. The molecule has 168 valence electrons. The monoisotopic (exact) mass is 448 g/mol. The van der Waals surface area contributed by atoms with Crippen LogP contribution in [0.5, 0.6) is 0 Å². The fraction of sp³-hybridized carbons (Fsp3) is 0.600. The molecule has 2 aliphatic heterocycles. The van der Waals surface area contributed by atoms with E-state index in [9.17, 15) is 9.59 Å². The van der Waals surface area contributed by atoms with Gasteiger partial charge in [0.05, 0.1) is 30.8 Å². The van der Waals surface area contributed by atoms with Gasteiger partial charge in [-0.05, 0) is 6.92 Å². The molecular weight excluding hydrogens is 420 g/mol. The van der Waals surface area contributed by atoms with E-state index in [4.69, 9.17) is 15.2 Å². The molecule has 4 heterocycles. The van der Waals surface area contributed by atoms with Gasteiger partial charge in [-0.15, -0.1) is 11.3 Å². The molecule has 2 aromatic heterocycles. The summed E-state index contributed by atoms with van der Waals surface area (Å²) < 4.78 is 10.5. The molecule has 1 amide bonds. The highest BCUT2D eigenvalue weighted by molar-refractivity contribution is 7.17. The fourth-order valence-corrected chi connectivity index (χ4v) is 4.84. The van der Waals surface area contributed by atoms with Crippen LogP contribution in [-0.2, 0) is 14.3 Å². The number of nitrogens with zero attached hydrogens (tertiary/aromatic N) is 5. The Labute approximate surface area is 184 Å². The third-order valence-corrected chi connectivity index (χ3v) is 6.48. The number of fused-ring (bicyclic) bond motifs is 1. The molecule has 2 aliphatic rings. The van der Waals surface area contributed by atoms with Crippen molar-refractivity contribution < 1.29 is 19.1 Å². The lowest BCUT2D eigenvalue weighted by atomic mass is 10.2. The highest BCUT2D eigenvalue weighted by Crippen LogP contribution is 2.33. The summed E-state index contributed by atoms with van der Waals surface area (Å²) in [5.74, 6) is 0.581. The van der Waals surface area contributed by atoms with E-state index in [1.807, 2.05) is 4.90 Å². The summed E-state index contributed by atoms with van der Waals surface area (Å²) in [5, 5.41) is 2.41. The minimum absolute atomic E-state index is 0.168. The Hall–Kier alpha value is -2.50. The van der Waals surface area contributed by atoms with Gasteiger partial charge < -0.3 is 25.0 Å². The van der Waals surface area contributed by atoms with Crippen LogP contribution in [0.25, 0.3) is 10.2 Å². The van der Waals surface area contributed by atoms with Gasteiger partial charge in [-0.1, -0.05) is 0 Å². The first kappa shape index (κ1) is 21.7. The number of piperazine rings is 1. The number of hydrogen-bond donors (Lipinski definition) is 1. The van der Waals surface area contributed by atoms with E-state index >= 15 is 0 Å². The van der Waals surface area contributed by atoms with Crippen LogP contribution in [0.15, 0.2) is 5.38 Å². The third-order valence-electron chi connectivity index (χ3n) is 5.60. The third kappa shape index (κ3) is 4.89. The number of rotatable bonds is 6. The van der Waals surface area contributed by atoms with E-state index in [1.54, 1.807) is 12.3 Å². The Kier molecular flexibility index (Phi) is 6.83. The SMILES string of the molecule is CCOC(=O)c1csc2nc(N)nc(N3CCN(C(=O)CCN4CCOCC4)CC3)c12. The molecule has 10 nitrogen and oxygen atoms in total. The molecule has 0 aromatic carbocycles. The van der Waals surface area contributed by atoms with Gasteiger partial charge in [0.25, 0.3) is 0 Å². The zero-order valence-corrected chi connectivity index (χ0v) is 18.5. The topological polar surface area (TPSA) is 114 Å². The number of nitrogens with two attached hydrogens (primary N) is 1. The molecule has 2 N–H and O–H groups in total. The largest absolute Gasteiger partial charge is 0.462 e. The van der Waals surface area contributed by atoms with Crippen LogP contribution < -0.4 is 10.6 Å². The van der Waals surface area contributed by atoms with Crippen LogP contribution in [0.4, 0.5) is 11.8 Å². The number of ether oxygens (including phenoxy) is 2. The van der Waals surface area contributed by atoms with E-state index in [0.29, 0.717) is 60.8 Å². The summed E-state index contributed by atoms with van der Waals surface area (Å²) in [5.41, 5.74) is 6.38. The van der Waals surface area contributed by atoms with E-state index in [0.717, 1.165) is 32.8 Å². The lowest BCUT2D eigenvalue weighted by molar-refractivity contribution is -0.132. The maximum atomic E-state index is 12.7. The average molecular weight is 449 g/mol. The summed E-state index contributed by atoms with van der Waals surface area (Å²) >= 11 is 1.35. The van der Waals surface area contributed by atoms with Gasteiger partial charge in [0.1, 0.15) is 10.6 Å². The standard InChI is InChI=1S/C20H28N6O4S/c1-2-30-19(28)14-13-31-18-16(14)17(22-20(21)23-18)26-7-5-25(6-8-26)15(27)3-4-24-9-11-29-12-10-24/h13H,2-12H2,1H3,(H2,21,22,23). The van der Waals surface area contributed by atoms with Gasteiger partial charge >= 0.3 is 5.97 Å². The number of aromatic nitrogens is 2. The predicted molar refractivity (Wildman–Crippen MR) is 118 cm³/mol. The van der Waals surface area contributed by atoms with E-state index in [1.165, 1.54) is 11.3 Å². The van der Waals surface area contributed by atoms with Gasteiger partial charge in [0, 0.05) is 57.6 Å². The number of hydrogen-bond acceptors (Lipinski definition) is 10. The number of carbonyl (C=O) groups is 2. The minimum Gasteiger partial charge on any atom is -0.462 e. The number of carbonyl (C=O) groups excluding carboxylic acids is 2. The Morgan fingerprint density at radius 1 is 1.16 bits per heavy atom. The van der Waals surface area contributed by atoms with E-state index in [-0.39, 0.29) is 17.8 Å². The first-order valence-corrected chi connectivity index (χ1v) is 11.5. The molecule has 4 rings (SSSR count). The Morgan fingerprint density at radius 2 is 1.90 bits per heavy atom. The molecule has 2 saturated heterocycles. The normalized spacial score (nSPS) is 17.8. The molecule has 0 saturated carbocycles. The highest BCUT2D eigenvalue weighted by atomic mass is 32.1. The van der Waals surface area contributed by atoms with Crippen LogP contribution in [-0.4, -0.2) is 97.3 Å². The molecule has 0 radical (unpaired) electrons. The van der Waals surface area contributed by atoms with Crippen molar-refractivity contribution in [3.05, 3.63) is 10.9 Å². The molecule has 0 unspecified atom stereocenters. The van der Waals surface area contributed by atoms with Gasteiger partial charge in [0.2, 0.25) is 11.9 Å². The smallest absolute Gasteiger partial charge is 0.339 e. The van der Waals surface area contributed by atoms with Crippen LogP contribution in [0, 0.1) is 0 Å². The minimum atomic E-state index is -0.389. The molecule has 2 fully saturated rings. The van der Waals surface area contributed by atoms with E-state index in [2.05, 4.69) is 19.8 Å². The van der Waals surface area contributed by atoms with Crippen molar-refractivity contribution in [1.29, 1.82) is 0 Å². The van der Waals surface area contributed by atoms with Gasteiger partial charge in [-0.25, -0.2) is 9.78 Å². The maximum absolute atomic E-state index is 12.7. The van der Waals surface area contributed by atoms with Crippen LogP contribution in [0.3, 0.4) is 0 Å². The van der Waals surface area contributed by atoms with Crippen LogP contribution in [0.2, 0.25) is 0 Å². The van der Waals surface area contributed by atoms with Crippen molar-refractivity contribution in [3.8, 4) is 0 Å². The number of morpholine rings is 1. The Morgan fingerprint density at radius 3 is 2.61 bits per heavy atom. The Bertz CT molecular complexity index is 937. The molecular formula is C20H28N6O4S. The number of thiophene rings is 1. The predicted octanol–water partition coefficient (Wildman–Crippen LogP) is 0.821. The van der Waals surface area contributed by atoms with Crippen molar-refractivity contribution in [1.82, 2.24) is 19.8 Å². The quantitative estimate of drug-likeness (QED) is 0.642. The van der Waals surface area contributed by atoms with Gasteiger partial charge in [-0.2, -0.15) is 4.98 Å². The van der Waals surface area contributed by atoms with E-state index < -0.39 is 0 Å². The lowest BCUT2D eigenvalue weighted by Crippen LogP contribution is -2.50. The van der Waals surface area contributed by atoms with Crippen molar-refractivity contribution in [3.63, 3.8) is 0 Å². The average Bonchev–Trinajstić information content (AvgIpc) is 3.22. The number of nitrogen functional groups attached to an aromatic ring is 1. The van der Waals surface area contributed by atoms with Crippen molar-refractivity contribution in [2.75, 3.05) is 76.3 Å². The van der Waals surface area contributed by atoms with Crippen LogP contribution >= 0.6 is 11.3 Å². The summed E-state index contributed by atoms with van der Waals surface area (Å²) in [6.45, 7) is 8.52. The molecule has 2 aromatic rings. The highest BCUT2D eigenvalue weighted by Gasteiger charge is 2.27. The second-order valence-corrected chi connectivity index (χ2v) is 8.39. The van der Waals surface area contributed by atoms with Crippen molar-refractivity contribution in [2.45, 2.75) is 13.3 Å². The number of amides is 1. The first-order valence-electron chi connectivity index (χ1n) is 10.6. The maximum Gasteiger partial charge on any atom is 0.339 e. The molecule has 0 aliphatic carbocycles. The molecule has 11 heteroatoms. The van der Waals surface area contributed by atoms with Gasteiger partial charge in [-0.3, -0.25) is 9.69 Å². The second-order valence-electron chi connectivity index (χ2n) is 7.53. The zero-order chi connectivity index (χ0) is 21.8. The summed E-state index contributed by atoms with van der Waals surface area (Å²) in [6.07, 6.45) is 0.516. The summed E-state index contributed by atoms with van der Waals surface area (Å²) in [7, 11) is 0. The van der Waals surface area contributed by atoms with Crippen molar-refractivity contribution >= 4 is 45.2 Å². The van der Waals surface area contributed by atoms with Crippen LogP contribution in [0.1, 0.15) is 23.7 Å². The molecule has 0 spiro atoms. The zero-order valence-electron chi connectivity index (χ0n) is 17.7. The number of anilines is 2. The fourth-order valence-electron chi connectivity index (χ4n) is 3.93. The molecule has 31 heavy (non-hydrogen) atoms. The second kappa shape index (κ2) is 9.75. The summed E-state index contributed by atoms with van der Waals surface area (Å²) in [6, 6.07) is 0. The Balaban J connectivity index is 1.42. The summed E-state index contributed by atoms with van der Waals surface area (Å²) in [4.78, 5) is 40.7. The van der Waals surface area contributed by atoms with Gasteiger partial charge in [0.15, 0.2) is 0 Å². The first-order chi connectivity index (χ1) is 15.1. The lowest BCUT2D eigenvalue weighted by Gasteiger charge is -2.36. The van der Waals surface area contributed by atoms with Crippen molar-refractivity contribution in [2.24, 2.45) is 0 Å². The molecule has 0 atom stereocenters. The molecule has 0 bridgehead atoms.